The van der Waals surface area contributed by atoms with Crippen LogP contribution in [0.3, 0.4) is 0 Å². The third-order valence-electron chi connectivity index (χ3n) is 3.69. The highest BCUT2D eigenvalue weighted by atomic mass is 79.9. The van der Waals surface area contributed by atoms with Gasteiger partial charge in [0, 0.05) is 4.47 Å². The van der Waals surface area contributed by atoms with Gasteiger partial charge in [-0.25, -0.2) is 4.98 Å². The number of imidazole rings is 1. The molecule has 130 valence electrons. The van der Waals surface area contributed by atoms with E-state index >= 15 is 0 Å². The fourth-order valence-electron chi connectivity index (χ4n) is 2.33. The number of H-pyrrole nitrogens is 1. The zero-order valence-corrected chi connectivity index (χ0v) is 15.5. The van der Waals surface area contributed by atoms with Crippen LogP contribution < -0.4 is 0 Å². The van der Waals surface area contributed by atoms with Crippen molar-refractivity contribution < 1.29 is 9.94 Å². The van der Waals surface area contributed by atoms with Crippen LogP contribution in [0.2, 0.25) is 0 Å². The van der Waals surface area contributed by atoms with Gasteiger partial charge in [-0.15, -0.1) is 0 Å². The van der Waals surface area contributed by atoms with Gasteiger partial charge < -0.3 is 14.9 Å². The van der Waals surface area contributed by atoms with E-state index in [0.717, 1.165) is 15.6 Å². The van der Waals surface area contributed by atoms with Crippen molar-refractivity contribution in [2.75, 3.05) is 6.61 Å². The molecule has 0 bridgehead atoms. The van der Waals surface area contributed by atoms with Gasteiger partial charge in [-0.1, -0.05) is 45.4 Å². The summed E-state index contributed by atoms with van der Waals surface area (Å²) in [5.74, 6) is 0.0577. The number of halogens is 1. The van der Waals surface area contributed by atoms with Crippen LogP contribution in [0, 0.1) is 11.3 Å². The second-order valence-electron chi connectivity index (χ2n) is 5.49. The van der Waals surface area contributed by atoms with Crippen molar-refractivity contribution in [2.45, 2.75) is 6.92 Å². The van der Waals surface area contributed by atoms with Crippen LogP contribution in [0.15, 0.2) is 63.9 Å². The van der Waals surface area contributed by atoms with Crippen LogP contribution in [-0.2, 0) is 4.84 Å². The minimum atomic E-state index is -0.237. The summed E-state index contributed by atoms with van der Waals surface area (Å²) in [4.78, 5) is 12.5. The molecule has 0 spiro atoms. The van der Waals surface area contributed by atoms with Gasteiger partial charge in [-0.05, 0) is 36.8 Å². The Hall–Kier alpha value is -3.11. The normalized spacial score (nSPS) is 12.6. The van der Waals surface area contributed by atoms with E-state index < -0.39 is 0 Å². The highest BCUT2D eigenvalue weighted by Gasteiger charge is 2.13. The maximum atomic E-state index is 10.2. The van der Waals surface area contributed by atoms with Crippen LogP contribution in [0.25, 0.3) is 16.6 Å². The van der Waals surface area contributed by atoms with Gasteiger partial charge in [0.05, 0.1) is 16.7 Å². The number of oxime groups is 1. The van der Waals surface area contributed by atoms with Crippen LogP contribution >= 0.6 is 15.9 Å². The average Bonchev–Trinajstić information content (AvgIpc) is 3.06. The van der Waals surface area contributed by atoms with Gasteiger partial charge in [0.2, 0.25) is 0 Å². The first kappa shape index (κ1) is 17.7. The number of aliphatic hydroxyl groups is 1. The zero-order chi connectivity index (χ0) is 18.5. The Morgan fingerprint density at radius 3 is 2.69 bits per heavy atom. The summed E-state index contributed by atoms with van der Waals surface area (Å²) < 4.78 is 0.972. The summed E-state index contributed by atoms with van der Waals surface area (Å²) in [6.07, 6.45) is 0. The summed E-state index contributed by atoms with van der Waals surface area (Å²) in [7, 11) is 0. The van der Waals surface area contributed by atoms with Gasteiger partial charge in [0.1, 0.15) is 11.6 Å². The van der Waals surface area contributed by atoms with Crippen LogP contribution in [0.4, 0.5) is 0 Å². The topological polar surface area (TPSA) is 94.3 Å². The third-order valence-corrected chi connectivity index (χ3v) is 4.22. The standard InChI is InChI=1S/C19H15BrN4O2/c1-12(13-6-8-14(20)9-7-13)24-26-11-18(25)15(10-21)19-22-16-4-2-3-5-17(16)23-19/h2-9,25H,11H2,1H3,(H,22,23)/b18-15+,24-12+. The van der Waals surface area contributed by atoms with E-state index in [1.807, 2.05) is 54.6 Å². The SMILES string of the molecule is C/C(=N\OC/C(O)=C(/C#N)c1nc2ccccc2[nH]1)c1ccc(Br)cc1. The van der Waals surface area contributed by atoms with Gasteiger partial charge in [-0.3, -0.25) is 0 Å². The minimum absolute atomic E-state index is 0.0256. The van der Waals surface area contributed by atoms with Crippen molar-refractivity contribution in [2.24, 2.45) is 5.16 Å². The molecule has 2 aromatic carbocycles. The maximum Gasteiger partial charge on any atom is 0.175 e. The highest BCUT2D eigenvalue weighted by Crippen LogP contribution is 2.19. The molecular formula is C19H15BrN4O2. The number of nitriles is 1. The molecule has 0 aliphatic rings. The first-order valence-corrected chi connectivity index (χ1v) is 8.57. The molecule has 3 rings (SSSR count). The summed E-state index contributed by atoms with van der Waals surface area (Å²) >= 11 is 3.38. The summed E-state index contributed by atoms with van der Waals surface area (Å²) in [5.41, 5.74) is 3.08. The lowest BCUT2D eigenvalue weighted by molar-refractivity contribution is 0.137. The number of nitrogens with one attached hydrogen (secondary N) is 1. The van der Waals surface area contributed by atoms with E-state index in [1.54, 1.807) is 6.92 Å². The van der Waals surface area contributed by atoms with Crippen molar-refractivity contribution in [1.82, 2.24) is 9.97 Å². The molecule has 26 heavy (non-hydrogen) atoms. The predicted octanol–water partition coefficient (Wildman–Crippen LogP) is 4.56. The second kappa shape index (κ2) is 7.85. The van der Waals surface area contributed by atoms with Crippen molar-refractivity contribution >= 4 is 38.2 Å². The lowest BCUT2D eigenvalue weighted by Gasteiger charge is -2.04. The third kappa shape index (κ3) is 3.92. The fourth-order valence-corrected chi connectivity index (χ4v) is 2.60. The molecule has 3 aromatic rings. The Bertz CT molecular complexity index is 997. The van der Waals surface area contributed by atoms with E-state index in [-0.39, 0.29) is 17.9 Å². The number of hydrogen-bond donors (Lipinski definition) is 2. The molecule has 6 nitrogen and oxygen atoms in total. The number of fused-ring (bicyclic) bond motifs is 1. The molecule has 0 unspecified atom stereocenters. The van der Waals surface area contributed by atoms with E-state index in [9.17, 15) is 10.4 Å². The summed E-state index contributed by atoms with van der Waals surface area (Å²) in [6, 6.07) is 17.0. The van der Waals surface area contributed by atoms with Crippen LogP contribution in [-0.4, -0.2) is 27.4 Å². The van der Waals surface area contributed by atoms with Gasteiger partial charge in [0.15, 0.2) is 18.2 Å². The second-order valence-corrected chi connectivity index (χ2v) is 6.41. The van der Waals surface area contributed by atoms with Crippen LogP contribution in [0.5, 0.6) is 0 Å². The lowest BCUT2D eigenvalue weighted by atomic mass is 10.1. The maximum absolute atomic E-state index is 10.2. The zero-order valence-electron chi connectivity index (χ0n) is 13.9. The molecule has 7 heteroatoms. The van der Waals surface area contributed by atoms with Gasteiger partial charge in [-0.2, -0.15) is 5.26 Å². The van der Waals surface area contributed by atoms with E-state index in [1.165, 1.54) is 0 Å². The molecule has 0 radical (unpaired) electrons. The Balaban J connectivity index is 1.75. The molecule has 1 heterocycles. The monoisotopic (exact) mass is 410 g/mol. The Labute approximate surface area is 158 Å². The number of allylic oxidation sites excluding steroid dienone is 1. The van der Waals surface area contributed by atoms with Crippen molar-refractivity contribution in [3.05, 3.63) is 70.2 Å². The molecule has 0 aliphatic carbocycles. The number of hydrogen-bond acceptors (Lipinski definition) is 5. The molecule has 0 saturated heterocycles. The average molecular weight is 411 g/mol. The molecule has 0 aliphatic heterocycles. The van der Waals surface area contributed by atoms with Crippen molar-refractivity contribution in [1.29, 1.82) is 5.26 Å². The predicted molar refractivity (Wildman–Crippen MR) is 104 cm³/mol. The lowest BCUT2D eigenvalue weighted by Crippen LogP contribution is -2.01. The number of aromatic nitrogens is 2. The Kier molecular flexibility index (Phi) is 5.34. The summed E-state index contributed by atoms with van der Waals surface area (Å²) in [5, 5.41) is 23.6. The van der Waals surface area contributed by atoms with Gasteiger partial charge >= 0.3 is 0 Å². The molecule has 0 fully saturated rings. The van der Waals surface area contributed by atoms with Crippen LogP contribution in [0.1, 0.15) is 18.3 Å². The Morgan fingerprint density at radius 1 is 1.27 bits per heavy atom. The quantitative estimate of drug-likeness (QED) is 0.279. The van der Waals surface area contributed by atoms with E-state index in [4.69, 9.17) is 4.84 Å². The molecule has 0 amide bonds. The first-order valence-electron chi connectivity index (χ1n) is 7.78. The van der Waals surface area contributed by atoms with E-state index in [0.29, 0.717) is 17.1 Å². The first-order chi connectivity index (χ1) is 12.6. The largest absolute Gasteiger partial charge is 0.507 e. The fraction of sp³-hybridized carbons (Fsp3) is 0.105. The molecule has 1 aromatic heterocycles. The number of aliphatic hydroxyl groups excluding tert-OH is 1. The number of para-hydroxylation sites is 2. The van der Waals surface area contributed by atoms with Crippen molar-refractivity contribution in [3.63, 3.8) is 0 Å². The Morgan fingerprint density at radius 2 is 2.00 bits per heavy atom. The summed E-state index contributed by atoms with van der Waals surface area (Å²) in [6.45, 7) is 1.57. The number of aromatic amines is 1. The van der Waals surface area contributed by atoms with E-state index in [2.05, 4.69) is 31.1 Å². The van der Waals surface area contributed by atoms with Crippen molar-refractivity contribution in [3.8, 4) is 6.07 Å². The molecule has 0 atom stereocenters. The molecule has 0 saturated carbocycles. The highest BCUT2D eigenvalue weighted by molar-refractivity contribution is 9.10. The molecule has 2 N–H and O–H groups in total. The minimum Gasteiger partial charge on any atom is -0.507 e. The smallest absolute Gasteiger partial charge is 0.175 e. The molecular weight excluding hydrogens is 396 g/mol. The number of benzene rings is 2. The number of nitrogens with zero attached hydrogens (tertiary/aromatic N) is 3. The van der Waals surface area contributed by atoms with Gasteiger partial charge in [0.25, 0.3) is 0 Å². The number of rotatable bonds is 5.